The van der Waals surface area contributed by atoms with Crippen molar-refractivity contribution in [3.05, 3.63) is 27.2 Å². The molecule has 1 atom stereocenters. The number of nitrogens with zero attached hydrogens (tertiary/aromatic N) is 4. The Kier molecular flexibility index (Phi) is 4.39. The summed E-state index contributed by atoms with van der Waals surface area (Å²) >= 11 is 2.61. The molecule has 3 rings (SSSR count). The summed E-state index contributed by atoms with van der Waals surface area (Å²) in [6.07, 6.45) is 0.143. The molecule has 0 saturated carbocycles. The van der Waals surface area contributed by atoms with Crippen LogP contribution in [-0.4, -0.2) is 32.1 Å². The molecule has 0 radical (unpaired) electrons. The quantitative estimate of drug-likeness (QED) is 0.704. The number of rotatable bonds is 5. The maximum atomic E-state index is 10.8. The summed E-state index contributed by atoms with van der Waals surface area (Å²) in [4.78, 5) is 23.7. The van der Waals surface area contributed by atoms with E-state index in [1.807, 2.05) is 6.07 Å². The van der Waals surface area contributed by atoms with E-state index in [1.54, 1.807) is 17.7 Å². The van der Waals surface area contributed by atoms with Crippen molar-refractivity contribution in [2.45, 2.75) is 19.4 Å². The number of nitrogens with two attached hydrogens (primary N) is 1. The third-order valence-corrected chi connectivity index (χ3v) is 4.82. The molecule has 0 saturated heterocycles. The first kappa shape index (κ1) is 16.3. The Hall–Kier alpha value is -2.61. The van der Waals surface area contributed by atoms with Gasteiger partial charge in [-0.05, 0) is 6.92 Å². The van der Waals surface area contributed by atoms with Gasteiger partial charge in [-0.3, -0.25) is 4.79 Å². The number of aliphatic carboxylic acids is 1. The van der Waals surface area contributed by atoms with Gasteiger partial charge in [0.2, 0.25) is 5.89 Å². The lowest BCUT2D eigenvalue weighted by Gasteiger charge is -2.01. The van der Waals surface area contributed by atoms with E-state index in [0.29, 0.717) is 38.7 Å². The van der Waals surface area contributed by atoms with E-state index < -0.39 is 12.0 Å². The molecule has 24 heavy (non-hydrogen) atoms. The van der Waals surface area contributed by atoms with Gasteiger partial charge >= 0.3 is 5.97 Å². The SMILES string of the molecule is Cc1oc(-c2csc(C[C@H](N)C(=O)O)n2)nc1-c1nc(C#N)cs1. The lowest BCUT2D eigenvalue weighted by molar-refractivity contribution is -0.138. The van der Waals surface area contributed by atoms with Crippen LogP contribution in [0.25, 0.3) is 22.3 Å². The number of carboxylic acids is 1. The number of carbonyl (C=O) groups is 1. The number of carboxylic acid groups (broad SMARTS) is 1. The van der Waals surface area contributed by atoms with Gasteiger partial charge in [0, 0.05) is 17.2 Å². The molecule has 0 unspecified atom stereocenters. The van der Waals surface area contributed by atoms with Crippen LogP contribution in [0.2, 0.25) is 0 Å². The average molecular weight is 361 g/mol. The molecular weight excluding hydrogens is 350 g/mol. The van der Waals surface area contributed by atoms with Gasteiger partial charge in [0.25, 0.3) is 0 Å². The normalized spacial score (nSPS) is 12.0. The number of oxazole rings is 1. The van der Waals surface area contributed by atoms with Gasteiger partial charge in [0.05, 0.1) is 5.01 Å². The first-order valence-electron chi connectivity index (χ1n) is 6.74. The molecule has 10 heteroatoms. The van der Waals surface area contributed by atoms with Crippen LogP contribution in [0.5, 0.6) is 0 Å². The predicted molar refractivity (Wildman–Crippen MR) is 87.5 cm³/mol. The molecule has 3 aromatic heterocycles. The monoisotopic (exact) mass is 361 g/mol. The van der Waals surface area contributed by atoms with E-state index in [-0.39, 0.29) is 6.42 Å². The van der Waals surface area contributed by atoms with E-state index in [2.05, 4.69) is 15.0 Å². The summed E-state index contributed by atoms with van der Waals surface area (Å²) in [6.45, 7) is 1.76. The zero-order valence-electron chi connectivity index (χ0n) is 12.4. The van der Waals surface area contributed by atoms with Gasteiger partial charge < -0.3 is 15.3 Å². The van der Waals surface area contributed by atoms with E-state index in [9.17, 15) is 4.79 Å². The van der Waals surface area contributed by atoms with Crippen LogP contribution >= 0.6 is 22.7 Å². The minimum absolute atomic E-state index is 0.143. The first-order valence-corrected chi connectivity index (χ1v) is 8.50. The number of hydrogen-bond donors (Lipinski definition) is 2. The lowest BCUT2D eigenvalue weighted by atomic mass is 10.2. The molecule has 0 aliphatic rings. The second-order valence-electron chi connectivity index (χ2n) is 4.85. The van der Waals surface area contributed by atoms with E-state index in [1.165, 1.54) is 22.7 Å². The molecule has 0 amide bonds. The number of thiazole rings is 2. The summed E-state index contributed by atoms with van der Waals surface area (Å²) in [5.41, 5.74) is 6.92. The Morgan fingerprint density at radius 3 is 2.88 bits per heavy atom. The van der Waals surface area contributed by atoms with Crippen molar-refractivity contribution in [3.8, 4) is 28.4 Å². The van der Waals surface area contributed by atoms with Gasteiger partial charge in [-0.2, -0.15) is 5.26 Å². The second kappa shape index (κ2) is 6.48. The highest BCUT2D eigenvalue weighted by molar-refractivity contribution is 7.13. The number of nitriles is 1. The summed E-state index contributed by atoms with van der Waals surface area (Å²) in [6, 6.07) is 0.981. The van der Waals surface area contributed by atoms with Crippen LogP contribution in [0.15, 0.2) is 15.2 Å². The standard InChI is InChI=1S/C14H11N5O3S2/c1-6-11(13-17-7(3-15)4-24-13)19-12(22-6)9-5-23-10(18-9)2-8(16)14(20)21/h4-5,8H,2,16H2,1H3,(H,20,21)/t8-/m0/s1. The molecule has 0 aromatic carbocycles. The van der Waals surface area contributed by atoms with E-state index in [0.717, 1.165) is 0 Å². The molecule has 8 nitrogen and oxygen atoms in total. The maximum Gasteiger partial charge on any atom is 0.320 e. The zero-order valence-corrected chi connectivity index (χ0v) is 14.0. The fourth-order valence-electron chi connectivity index (χ4n) is 1.92. The van der Waals surface area contributed by atoms with Crippen LogP contribution < -0.4 is 5.73 Å². The van der Waals surface area contributed by atoms with Crippen LogP contribution in [0, 0.1) is 18.3 Å². The van der Waals surface area contributed by atoms with Gasteiger partial charge in [-0.25, -0.2) is 15.0 Å². The fraction of sp³-hybridized carbons (Fsp3) is 0.214. The summed E-state index contributed by atoms with van der Waals surface area (Å²) in [5.74, 6) is -0.179. The molecule has 122 valence electrons. The van der Waals surface area contributed by atoms with E-state index in [4.69, 9.17) is 20.5 Å². The van der Waals surface area contributed by atoms with Crippen LogP contribution in [-0.2, 0) is 11.2 Å². The Balaban J connectivity index is 1.86. The Morgan fingerprint density at radius 2 is 2.21 bits per heavy atom. The topological polar surface area (TPSA) is 139 Å². The van der Waals surface area contributed by atoms with Gasteiger partial charge in [-0.1, -0.05) is 0 Å². The molecular formula is C14H11N5O3S2. The van der Waals surface area contributed by atoms with Crippen molar-refractivity contribution in [3.63, 3.8) is 0 Å². The van der Waals surface area contributed by atoms with Crippen LogP contribution in [0.3, 0.4) is 0 Å². The van der Waals surface area contributed by atoms with Crippen molar-refractivity contribution in [2.24, 2.45) is 5.73 Å². The third kappa shape index (κ3) is 3.18. The Labute approximate surface area is 144 Å². The predicted octanol–water partition coefficient (Wildman–Crippen LogP) is 2.06. The zero-order chi connectivity index (χ0) is 17.3. The Morgan fingerprint density at radius 1 is 1.42 bits per heavy atom. The molecule has 0 fully saturated rings. The van der Waals surface area contributed by atoms with Crippen molar-refractivity contribution < 1.29 is 14.3 Å². The molecule has 0 aliphatic heterocycles. The van der Waals surface area contributed by atoms with Crippen molar-refractivity contribution in [2.75, 3.05) is 0 Å². The van der Waals surface area contributed by atoms with Gasteiger partial charge in [-0.15, -0.1) is 22.7 Å². The number of aromatic nitrogens is 3. The largest absolute Gasteiger partial charge is 0.480 e. The molecule has 3 heterocycles. The number of aryl methyl sites for hydroxylation is 1. The first-order chi connectivity index (χ1) is 11.5. The van der Waals surface area contributed by atoms with Gasteiger partial charge in [0.1, 0.15) is 34.3 Å². The summed E-state index contributed by atoms with van der Waals surface area (Å²) < 4.78 is 5.63. The summed E-state index contributed by atoms with van der Waals surface area (Å²) in [5, 5.41) is 22.3. The van der Waals surface area contributed by atoms with Crippen molar-refractivity contribution >= 4 is 28.6 Å². The molecule has 0 aliphatic carbocycles. The average Bonchev–Trinajstić information content (AvgIpc) is 3.25. The second-order valence-corrected chi connectivity index (χ2v) is 6.65. The Bertz CT molecular complexity index is 937. The third-order valence-electron chi connectivity index (χ3n) is 3.10. The van der Waals surface area contributed by atoms with Crippen molar-refractivity contribution in [1.82, 2.24) is 15.0 Å². The number of hydrogen-bond acceptors (Lipinski definition) is 9. The van der Waals surface area contributed by atoms with Crippen LogP contribution in [0.1, 0.15) is 16.5 Å². The highest BCUT2D eigenvalue weighted by atomic mass is 32.1. The maximum absolute atomic E-state index is 10.8. The lowest BCUT2D eigenvalue weighted by Crippen LogP contribution is -2.32. The highest BCUT2D eigenvalue weighted by Gasteiger charge is 2.19. The molecule has 3 aromatic rings. The summed E-state index contributed by atoms with van der Waals surface area (Å²) in [7, 11) is 0. The molecule has 0 bridgehead atoms. The van der Waals surface area contributed by atoms with E-state index >= 15 is 0 Å². The molecule has 0 spiro atoms. The minimum atomic E-state index is -1.07. The molecule has 3 N–H and O–H groups in total. The smallest absolute Gasteiger partial charge is 0.320 e. The fourth-order valence-corrected chi connectivity index (χ4v) is 3.53. The van der Waals surface area contributed by atoms with Crippen LogP contribution in [0.4, 0.5) is 0 Å². The van der Waals surface area contributed by atoms with Crippen molar-refractivity contribution in [1.29, 1.82) is 5.26 Å². The van der Waals surface area contributed by atoms with Gasteiger partial charge in [0.15, 0.2) is 5.69 Å². The minimum Gasteiger partial charge on any atom is -0.480 e. The highest BCUT2D eigenvalue weighted by Crippen LogP contribution is 2.31.